The Labute approximate surface area is 176 Å². The molecule has 0 spiro atoms. The van der Waals surface area contributed by atoms with Crippen LogP contribution < -0.4 is 15.0 Å². The zero-order valence-corrected chi connectivity index (χ0v) is 17.5. The number of amides is 1. The first-order valence-corrected chi connectivity index (χ1v) is 10.2. The summed E-state index contributed by atoms with van der Waals surface area (Å²) in [4.78, 5) is 33.2. The van der Waals surface area contributed by atoms with Gasteiger partial charge in [-0.15, -0.1) is 0 Å². The lowest BCUT2D eigenvalue weighted by molar-refractivity contribution is -0.119. The van der Waals surface area contributed by atoms with Crippen LogP contribution in [0, 0.1) is 0 Å². The number of carbonyl (C=O) groups is 2. The SMILES string of the molecule is CCOc1ncccc1C(=O)OCC(=O)Nc1ccc(N2CCN(CC)CC2)cc1. The topological polar surface area (TPSA) is 84.0 Å². The van der Waals surface area contributed by atoms with Crippen LogP contribution in [0.1, 0.15) is 24.2 Å². The molecule has 0 atom stereocenters. The molecule has 0 saturated carbocycles. The van der Waals surface area contributed by atoms with Crippen molar-refractivity contribution in [2.45, 2.75) is 13.8 Å². The summed E-state index contributed by atoms with van der Waals surface area (Å²) in [7, 11) is 0. The van der Waals surface area contributed by atoms with Gasteiger partial charge in [-0.1, -0.05) is 6.92 Å². The summed E-state index contributed by atoms with van der Waals surface area (Å²) in [5.74, 6) is -0.862. The number of aromatic nitrogens is 1. The lowest BCUT2D eigenvalue weighted by Gasteiger charge is -2.35. The molecule has 8 heteroatoms. The first kappa shape index (κ1) is 21.6. The molecular weight excluding hydrogens is 384 g/mol. The predicted molar refractivity (Wildman–Crippen MR) is 115 cm³/mol. The van der Waals surface area contributed by atoms with E-state index in [-0.39, 0.29) is 18.1 Å². The van der Waals surface area contributed by atoms with Crippen LogP contribution in [0.4, 0.5) is 11.4 Å². The molecule has 0 aliphatic carbocycles. The Kier molecular flexibility index (Phi) is 7.62. The lowest BCUT2D eigenvalue weighted by atomic mass is 10.2. The summed E-state index contributed by atoms with van der Waals surface area (Å²) in [6.07, 6.45) is 1.53. The van der Waals surface area contributed by atoms with Crippen molar-refractivity contribution in [1.82, 2.24) is 9.88 Å². The number of benzene rings is 1. The number of esters is 1. The number of nitrogens with one attached hydrogen (secondary N) is 1. The number of ether oxygens (including phenoxy) is 2. The zero-order valence-electron chi connectivity index (χ0n) is 17.5. The molecule has 1 aliphatic rings. The van der Waals surface area contributed by atoms with Crippen molar-refractivity contribution < 1.29 is 19.1 Å². The van der Waals surface area contributed by atoms with E-state index in [0.29, 0.717) is 12.3 Å². The Morgan fingerprint density at radius 3 is 2.47 bits per heavy atom. The highest BCUT2D eigenvalue weighted by Crippen LogP contribution is 2.20. The number of hydrogen-bond donors (Lipinski definition) is 1. The predicted octanol–water partition coefficient (Wildman–Crippen LogP) is 2.42. The van der Waals surface area contributed by atoms with Crippen molar-refractivity contribution in [3.8, 4) is 5.88 Å². The highest BCUT2D eigenvalue weighted by molar-refractivity contribution is 5.96. The van der Waals surface area contributed by atoms with Gasteiger partial charge in [-0.3, -0.25) is 4.79 Å². The number of likely N-dealkylation sites (N-methyl/N-ethyl adjacent to an activating group) is 1. The van der Waals surface area contributed by atoms with Crippen LogP contribution in [0.2, 0.25) is 0 Å². The molecule has 1 fully saturated rings. The van der Waals surface area contributed by atoms with Crippen LogP contribution in [-0.4, -0.2) is 67.7 Å². The van der Waals surface area contributed by atoms with Gasteiger partial charge in [0, 0.05) is 43.8 Å². The van der Waals surface area contributed by atoms with Crippen LogP contribution in [0.5, 0.6) is 5.88 Å². The smallest absolute Gasteiger partial charge is 0.344 e. The van der Waals surface area contributed by atoms with Gasteiger partial charge in [-0.25, -0.2) is 9.78 Å². The summed E-state index contributed by atoms with van der Waals surface area (Å²) in [5.41, 5.74) is 1.98. The van der Waals surface area contributed by atoms with E-state index < -0.39 is 11.9 Å². The molecule has 3 rings (SSSR count). The molecule has 0 bridgehead atoms. The van der Waals surface area contributed by atoms with Gasteiger partial charge in [0.1, 0.15) is 5.56 Å². The zero-order chi connectivity index (χ0) is 21.3. The van der Waals surface area contributed by atoms with Crippen molar-refractivity contribution >= 4 is 23.3 Å². The largest absolute Gasteiger partial charge is 0.477 e. The number of piperazine rings is 1. The highest BCUT2D eigenvalue weighted by atomic mass is 16.5. The van der Waals surface area contributed by atoms with Crippen LogP contribution in [0.15, 0.2) is 42.6 Å². The van der Waals surface area contributed by atoms with Crippen molar-refractivity contribution in [3.05, 3.63) is 48.2 Å². The molecule has 8 nitrogen and oxygen atoms in total. The maximum absolute atomic E-state index is 12.2. The second-order valence-corrected chi connectivity index (χ2v) is 6.88. The third kappa shape index (κ3) is 5.70. The Morgan fingerprint density at radius 2 is 1.80 bits per heavy atom. The summed E-state index contributed by atoms with van der Waals surface area (Å²) >= 11 is 0. The van der Waals surface area contributed by atoms with Gasteiger partial charge < -0.3 is 24.6 Å². The Morgan fingerprint density at radius 1 is 1.07 bits per heavy atom. The fourth-order valence-electron chi connectivity index (χ4n) is 3.28. The van der Waals surface area contributed by atoms with Gasteiger partial charge in [0.25, 0.3) is 5.91 Å². The standard InChI is InChI=1S/C22H28N4O4/c1-3-25-12-14-26(15-13-25)18-9-7-17(8-10-18)24-20(27)16-30-22(28)19-6-5-11-23-21(19)29-4-2/h5-11H,3-4,12-16H2,1-2H3,(H,24,27). The summed E-state index contributed by atoms with van der Waals surface area (Å²) in [6, 6.07) is 10.9. The number of anilines is 2. The first-order chi connectivity index (χ1) is 14.6. The molecule has 2 heterocycles. The number of rotatable bonds is 8. The maximum Gasteiger partial charge on any atom is 0.344 e. The van der Waals surface area contributed by atoms with Gasteiger partial charge in [0.2, 0.25) is 5.88 Å². The minimum atomic E-state index is -0.650. The third-order valence-corrected chi connectivity index (χ3v) is 4.94. The van der Waals surface area contributed by atoms with E-state index in [0.717, 1.165) is 38.4 Å². The van der Waals surface area contributed by atoms with E-state index in [9.17, 15) is 9.59 Å². The number of pyridine rings is 1. The minimum absolute atomic E-state index is 0.194. The molecular formula is C22H28N4O4. The second kappa shape index (κ2) is 10.6. The molecule has 1 saturated heterocycles. The minimum Gasteiger partial charge on any atom is -0.477 e. The monoisotopic (exact) mass is 412 g/mol. The van der Waals surface area contributed by atoms with Gasteiger partial charge in [-0.05, 0) is 49.9 Å². The Bertz CT molecular complexity index is 848. The average Bonchev–Trinajstić information content (AvgIpc) is 2.79. The van der Waals surface area contributed by atoms with Crippen LogP contribution in [0.25, 0.3) is 0 Å². The van der Waals surface area contributed by atoms with Crippen molar-refractivity contribution in [2.24, 2.45) is 0 Å². The number of hydrogen-bond acceptors (Lipinski definition) is 7. The van der Waals surface area contributed by atoms with E-state index in [1.165, 1.54) is 6.20 Å². The van der Waals surface area contributed by atoms with E-state index in [4.69, 9.17) is 9.47 Å². The van der Waals surface area contributed by atoms with E-state index in [1.807, 2.05) is 24.3 Å². The fraction of sp³-hybridized carbons (Fsp3) is 0.409. The molecule has 1 aromatic carbocycles. The molecule has 1 aliphatic heterocycles. The third-order valence-electron chi connectivity index (χ3n) is 4.94. The molecule has 1 aromatic heterocycles. The second-order valence-electron chi connectivity index (χ2n) is 6.88. The quantitative estimate of drug-likeness (QED) is 0.667. The van der Waals surface area contributed by atoms with Gasteiger partial charge >= 0.3 is 5.97 Å². The Balaban J connectivity index is 1.49. The average molecular weight is 412 g/mol. The van der Waals surface area contributed by atoms with Crippen molar-refractivity contribution in [1.29, 1.82) is 0 Å². The summed E-state index contributed by atoms with van der Waals surface area (Å²) < 4.78 is 10.4. The fourth-order valence-corrected chi connectivity index (χ4v) is 3.28. The summed E-state index contributed by atoms with van der Waals surface area (Å²) in [6.45, 7) is 9.15. The summed E-state index contributed by atoms with van der Waals surface area (Å²) in [5, 5.41) is 2.75. The highest BCUT2D eigenvalue weighted by Gasteiger charge is 2.17. The number of carbonyl (C=O) groups excluding carboxylic acids is 2. The number of nitrogens with zero attached hydrogens (tertiary/aromatic N) is 3. The van der Waals surface area contributed by atoms with E-state index in [2.05, 4.69) is 27.0 Å². The maximum atomic E-state index is 12.2. The Hall–Kier alpha value is -3.13. The lowest BCUT2D eigenvalue weighted by Crippen LogP contribution is -2.46. The molecule has 0 unspecified atom stereocenters. The molecule has 2 aromatic rings. The van der Waals surface area contributed by atoms with Crippen LogP contribution in [0.3, 0.4) is 0 Å². The van der Waals surface area contributed by atoms with Gasteiger partial charge in [-0.2, -0.15) is 0 Å². The molecule has 0 radical (unpaired) electrons. The van der Waals surface area contributed by atoms with E-state index >= 15 is 0 Å². The van der Waals surface area contributed by atoms with Crippen LogP contribution >= 0.6 is 0 Å². The normalized spacial score (nSPS) is 14.3. The molecule has 30 heavy (non-hydrogen) atoms. The van der Waals surface area contributed by atoms with Gasteiger partial charge in [0.15, 0.2) is 6.61 Å². The van der Waals surface area contributed by atoms with Crippen LogP contribution in [-0.2, 0) is 9.53 Å². The van der Waals surface area contributed by atoms with Crippen molar-refractivity contribution in [2.75, 3.05) is 56.2 Å². The van der Waals surface area contributed by atoms with E-state index in [1.54, 1.807) is 19.1 Å². The molecule has 160 valence electrons. The van der Waals surface area contributed by atoms with Gasteiger partial charge in [0.05, 0.1) is 6.61 Å². The first-order valence-electron chi connectivity index (χ1n) is 10.2. The molecule has 1 N–H and O–H groups in total. The molecule has 1 amide bonds. The van der Waals surface area contributed by atoms with Crippen molar-refractivity contribution in [3.63, 3.8) is 0 Å².